The molecule has 0 bridgehead atoms. The molecule has 0 saturated carbocycles. The first-order chi connectivity index (χ1) is 12.5. The van der Waals surface area contributed by atoms with E-state index in [1.165, 1.54) is 36.4 Å². The lowest BCUT2D eigenvalue weighted by molar-refractivity contribution is -0.126. The highest BCUT2D eigenvalue weighted by Crippen LogP contribution is 2.30. The molecule has 2 heterocycles. The number of carbonyl (C=O) groups is 5. The van der Waals surface area contributed by atoms with Gasteiger partial charge in [0.05, 0.1) is 0 Å². The molecule has 2 unspecified atom stereocenters. The SMILES string of the molecule is NC1C(=O)NC(=O)C1(C(=O)c1ccccc1)S(=O)(=O)O.O=C1C=CC(=O)N1. The van der Waals surface area contributed by atoms with Gasteiger partial charge < -0.3 is 5.73 Å². The lowest BCUT2D eigenvalue weighted by Gasteiger charge is -2.24. The number of nitrogens with two attached hydrogens (primary N) is 1. The molecule has 0 radical (unpaired) electrons. The van der Waals surface area contributed by atoms with Crippen LogP contribution < -0.4 is 16.4 Å². The number of hydrogen-bond donors (Lipinski definition) is 4. The zero-order valence-electron chi connectivity index (χ0n) is 13.4. The van der Waals surface area contributed by atoms with Gasteiger partial charge >= 0.3 is 0 Å². The van der Waals surface area contributed by atoms with E-state index in [1.807, 2.05) is 5.32 Å². The van der Waals surface area contributed by atoms with E-state index in [0.717, 1.165) is 0 Å². The molecule has 1 fully saturated rings. The Kier molecular flexibility index (Phi) is 5.35. The lowest BCUT2D eigenvalue weighted by atomic mass is 9.92. The van der Waals surface area contributed by atoms with Crippen LogP contribution in [-0.2, 0) is 29.3 Å². The number of rotatable bonds is 3. The van der Waals surface area contributed by atoms with Crippen LogP contribution in [0.4, 0.5) is 0 Å². The summed E-state index contributed by atoms with van der Waals surface area (Å²) in [5, 5.41) is 3.68. The zero-order chi connectivity index (χ0) is 20.4. The van der Waals surface area contributed by atoms with Crippen molar-refractivity contribution in [2.24, 2.45) is 5.73 Å². The quantitative estimate of drug-likeness (QED) is 0.188. The highest BCUT2D eigenvalue weighted by molar-refractivity contribution is 7.89. The van der Waals surface area contributed by atoms with E-state index in [-0.39, 0.29) is 17.4 Å². The van der Waals surface area contributed by atoms with Gasteiger partial charge in [0.25, 0.3) is 32.6 Å². The maximum Gasteiger partial charge on any atom is 0.289 e. The number of benzene rings is 1. The maximum atomic E-state index is 12.3. The van der Waals surface area contributed by atoms with Gasteiger partial charge in [0.15, 0.2) is 5.78 Å². The van der Waals surface area contributed by atoms with Gasteiger partial charge in [-0.25, -0.2) is 0 Å². The molecule has 2 atom stereocenters. The molecule has 0 aromatic heterocycles. The van der Waals surface area contributed by atoms with Crippen LogP contribution in [-0.4, -0.2) is 53.2 Å². The Balaban J connectivity index is 0.000000313. The Morgan fingerprint density at radius 3 is 1.85 bits per heavy atom. The van der Waals surface area contributed by atoms with Crippen molar-refractivity contribution in [1.82, 2.24) is 10.6 Å². The van der Waals surface area contributed by atoms with Crippen molar-refractivity contribution in [1.29, 1.82) is 0 Å². The van der Waals surface area contributed by atoms with Gasteiger partial charge in [0.1, 0.15) is 6.04 Å². The number of Topliss-reactive ketones (excluding diaryl/α,β-unsaturated/α-hetero) is 1. The Morgan fingerprint density at radius 1 is 1.00 bits per heavy atom. The largest absolute Gasteiger partial charge is 0.318 e. The second kappa shape index (κ2) is 7.19. The van der Waals surface area contributed by atoms with Gasteiger partial charge in [0, 0.05) is 17.7 Å². The van der Waals surface area contributed by atoms with Gasteiger partial charge in [0.2, 0.25) is 5.91 Å². The minimum atomic E-state index is -5.25. The first-order valence-corrected chi connectivity index (χ1v) is 8.66. The molecule has 11 nitrogen and oxygen atoms in total. The molecular formula is C15H13N3O8S. The van der Waals surface area contributed by atoms with Gasteiger partial charge in [-0.1, -0.05) is 30.3 Å². The van der Waals surface area contributed by atoms with E-state index in [1.54, 1.807) is 11.4 Å². The summed E-state index contributed by atoms with van der Waals surface area (Å²) in [7, 11) is -5.25. The third-order valence-corrected chi connectivity index (χ3v) is 5.15. The highest BCUT2D eigenvalue weighted by atomic mass is 32.2. The third kappa shape index (κ3) is 3.53. The number of nitrogens with one attached hydrogen (secondary N) is 2. The van der Waals surface area contributed by atoms with Crippen LogP contribution >= 0.6 is 0 Å². The van der Waals surface area contributed by atoms with Crippen LogP contribution in [0.5, 0.6) is 0 Å². The first-order valence-electron chi connectivity index (χ1n) is 7.22. The van der Waals surface area contributed by atoms with Crippen LogP contribution in [0, 0.1) is 0 Å². The summed E-state index contributed by atoms with van der Waals surface area (Å²) in [5.74, 6) is -4.50. The fourth-order valence-corrected chi connectivity index (χ4v) is 3.47. The average molecular weight is 395 g/mol. The second-order valence-electron chi connectivity index (χ2n) is 5.39. The van der Waals surface area contributed by atoms with Crippen molar-refractivity contribution in [2.75, 3.05) is 0 Å². The summed E-state index contributed by atoms with van der Waals surface area (Å²) in [4.78, 5) is 55.6. The Morgan fingerprint density at radius 2 is 1.52 bits per heavy atom. The molecule has 27 heavy (non-hydrogen) atoms. The molecule has 0 spiro atoms. The standard InChI is InChI=1S/C11H10N2O6S.C4H3NO2/c12-7-9(15)13-10(16)11(7,20(17,18)19)8(14)6-4-2-1-3-5-6;6-3-1-2-4(7)5-3/h1-5,7H,12H2,(H,13,15,16)(H,17,18,19);1-2H,(H,5,6,7). The lowest BCUT2D eigenvalue weighted by Crippen LogP contribution is -2.61. The number of ketones is 1. The van der Waals surface area contributed by atoms with E-state index in [0.29, 0.717) is 0 Å². The molecule has 3 rings (SSSR count). The maximum absolute atomic E-state index is 12.3. The van der Waals surface area contributed by atoms with Crippen LogP contribution in [0.2, 0.25) is 0 Å². The van der Waals surface area contributed by atoms with E-state index in [4.69, 9.17) is 5.73 Å². The molecule has 5 N–H and O–H groups in total. The second-order valence-corrected chi connectivity index (χ2v) is 6.98. The first kappa shape index (κ1) is 20.1. The summed E-state index contributed by atoms with van der Waals surface area (Å²) in [6.07, 6.45) is 2.39. The summed E-state index contributed by atoms with van der Waals surface area (Å²) < 4.78 is 29.4. The molecule has 1 aromatic rings. The summed E-state index contributed by atoms with van der Waals surface area (Å²) in [6.45, 7) is 0. The van der Waals surface area contributed by atoms with Crippen LogP contribution in [0.25, 0.3) is 0 Å². The van der Waals surface area contributed by atoms with Gasteiger partial charge in [-0.2, -0.15) is 8.42 Å². The fraction of sp³-hybridized carbons (Fsp3) is 0.133. The predicted molar refractivity (Wildman–Crippen MR) is 88.5 cm³/mol. The normalized spacial score (nSPS) is 24.1. The molecule has 1 saturated heterocycles. The number of imide groups is 2. The predicted octanol–water partition coefficient (Wildman–Crippen LogP) is -2.32. The number of hydrogen-bond acceptors (Lipinski definition) is 8. The average Bonchev–Trinajstić information content (AvgIpc) is 3.08. The van der Waals surface area contributed by atoms with E-state index < -0.39 is 38.5 Å². The number of carbonyl (C=O) groups excluding carboxylic acids is 5. The summed E-state index contributed by atoms with van der Waals surface area (Å²) in [5.41, 5.74) is 5.22. The molecule has 2 aliphatic heterocycles. The molecule has 142 valence electrons. The van der Waals surface area contributed by atoms with E-state index >= 15 is 0 Å². The topological polar surface area (TPSA) is 190 Å². The van der Waals surface area contributed by atoms with Crippen molar-refractivity contribution in [3.8, 4) is 0 Å². The third-order valence-electron chi connectivity index (χ3n) is 3.71. The molecule has 1 aromatic carbocycles. The number of amides is 4. The van der Waals surface area contributed by atoms with Crippen molar-refractivity contribution >= 4 is 39.5 Å². The smallest absolute Gasteiger partial charge is 0.289 e. The fourth-order valence-electron chi connectivity index (χ4n) is 2.41. The Hall–Kier alpha value is -3.22. The van der Waals surface area contributed by atoms with Crippen molar-refractivity contribution in [3.05, 3.63) is 48.0 Å². The van der Waals surface area contributed by atoms with E-state index in [9.17, 15) is 36.9 Å². The van der Waals surface area contributed by atoms with Crippen molar-refractivity contribution in [2.45, 2.75) is 10.8 Å². The molecule has 4 amide bonds. The van der Waals surface area contributed by atoms with Crippen LogP contribution in [0.3, 0.4) is 0 Å². The van der Waals surface area contributed by atoms with Crippen molar-refractivity contribution < 1.29 is 36.9 Å². The Bertz CT molecular complexity index is 954. The zero-order valence-corrected chi connectivity index (χ0v) is 14.2. The van der Waals surface area contributed by atoms with E-state index in [2.05, 4.69) is 0 Å². The molecule has 0 aliphatic carbocycles. The molecular weight excluding hydrogens is 382 g/mol. The van der Waals surface area contributed by atoms with Gasteiger partial charge in [-0.15, -0.1) is 0 Å². The summed E-state index contributed by atoms with van der Waals surface area (Å²) in [6, 6.07) is 4.92. The van der Waals surface area contributed by atoms with Crippen LogP contribution in [0.1, 0.15) is 10.4 Å². The summed E-state index contributed by atoms with van der Waals surface area (Å²) >= 11 is 0. The van der Waals surface area contributed by atoms with Gasteiger partial charge in [-0.05, 0) is 0 Å². The minimum Gasteiger partial charge on any atom is -0.318 e. The van der Waals surface area contributed by atoms with Gasteiger partial charge in [-0.3, -0.25) is 39.2 Å². The highest BCUT2D eigenvalue weighted by Gasteiger charge is 2.67. The van der Waals surface area contributed by atoms with Crippen molar-refractivity contribution in [3.63, 3.8) is 0 Å². The monoisotopic (exact) mass is 395 g/mol. The molecule has 2 aliphatic rings. The Labute approximate surface area is 152 Å². The molecule has 12 heteroatoms. The van der Waals surface area contributed by atoms with Crippen LogP contribution in [0.15, 0.2) is 42.5 Å². The minimum absolute atomic E-state index is 0.162.